The van der Waals surface area contributed by atoms with Gasteiger partial charge in [0.05, 0.1) is 0 Å². The van der Waals surface area contributed by atoms with Crippen LogP contribution in [0.15, 0.2) is 6.20 Å². The van der Waals surface area contributed by atoms with Crippen molar-refractivity contribution < 1.29 is 0 Å². The Balaban J connectivity index is 2.12. The molecule has 1 aliphatic heterocycles. The van der Waals surface area contributed by atoms with Crippen molar-refractivity contribution in [2.45, 2.75) is 31.6 Å². The van der Waals surface area contributed by atoms with E-state index >= 15 is 0 Å². The van der Waals surface area contributed by atoms with Gasteiger partial charge < -0.3 is 10.7 Å². The molecule has 0 radical (unpaired) electrons. The quantitative estimate of drug-likeness (QED) is 0.823. The molecule has 2 heterocycles. The van der Waals surface area contributed by atoms with Gasteiger partial charge in [-0.1, -0.05) is 6.92 Å². The minimum absolute atomic E-state index is 0.246. The number of nitrogens with one attached hydrogen (secondary N) is 1. The van der Waals surface area contributed by atoms with Gasteiger partial charge in [0.15, 0.2) is 0 Å². The Morgan fingerprint density at radius 2 is 2.53 bits per heavy atom. The zero-order valence-corrected chi connectivity index (χ0v) is 10.1. The van der Waals surface area contributed by atoms with Gasteiger partial charge >= 0.3 is 0 Å². The largest absolute Gasteiger partial charge is 0.345 e. The first-order valence-electron chi connectivity index (χ1n) is 5.57. The van der Waals surface area contributed by atoms with Crippen LogP contribution in [0.1, 0.15) is 31.3 Å². The average molecular weight is 225 g/mol. The molecule has 84 valence electrons. The summed E-state index contributed by atoms with van der Waals surface area (Å²) in [5, 5.41) is 0. The van der Waals surface area contributed by atoms with E-state index < -0.39 is 0 Å². The topological polar surface area (TPSA) is 54.7 Å². The first kappa shape index (κ1) is 11.0. The summed E-state index contributed by atoms with van der Waals surface area (Å²) in [5.41, 5.74) is 6.95. The first-order chi connectivity index (χ1) is 7.24. The van der Waals surface area contributed by atoms with Crippen LogP contribution in [0.3, 0.4) is 0 Å². The second-order valence-electron chi connectivity index (χ2n) is 4.51. The SMILES string of the molecule is CC1(c2ncc(CCN)[nH]2)CCCSC1. The van der Waals surface area contributed by atoms with Crippen molar-refractivity contribution in [3.8, 4) is 0 Å². The number of hydrogen-bond donors (Lipinski definition) is 2. The van der Waals surface area contributed by atoms with Crippen molar-refractivity contribution in [2.75, 3.05) is 18.1 Å². The summed E-state index contributed by atoms with van der Waals surface area (Å²) < 4.78 is 0. The molecule has 0 saturated carbocycles. The lowest BCUT2D eigenvalue weighted by Gasteiger charge is -2.31. The molecular weight excluding hydrogens is 206 g/mol. The van der Waals surface area contributed by atoms with Crippen molar-refractivity contribution in [3.63, 3.8) is 0 Å². The fourth-order valence-corrected chi connectivity index (χ4v) is 3.29. The lowest BCUT2D eigenvalue weighted by molar-refractivity contribution is 0.448. The number of nitrogens with zero attached hydrogens (tertiary/aromatic N) is 1. The lowest BCUT2D eigenvalue weighted by atomic mass is 9.86. The number of thioether (sulfide) groups is 1. The number of aromatic amines is 1. The average Bonchev–Trinajstić information content (AvgIpc) is 2.69. The summed E-state index contributed by atoms with van der Waals surface area (Å²) >= 11 is 2.03. The smallest absolute Gasteiger partial charge is 0.113 e. The van der Waals surface area contributed by atoms with Crippen LogP contribution in [0.2, 0.25) is 0 Å². The molecule has 1 atom stereocenters. The molecule has 0 bridgehead atoms. The Morgan fingerprint density at radius 1 is 1.67 bits per heavy atom. The fraction of sp³-hybridized carbons (Fsp3) is 0.727. The van der Waals surface area contributed by atoms with E-state index in [-0.39, 0.29) is 5.41 Å². The molecule has 3 nitrogen and oxygen atoms in total. The van der Waals surface area contributed by atoms with E-state index in [4.69, 9.17) is 5.73 Å². The van der Waals surface area contributed by atoms with Crippen LogP contribution < -0.4 is 5.73 Å². The van der Waals surface area contributed by atoms with Crippen molar-refractivity contribution in [3.05, 3.63) is 17.7 Å². The third-order valence-corrected chi connectivity index (χ3v) is 4.47. The molecule has 4 heteroatoms. The van der Waals surface area contributed by atoms with E-state index in [0.29, 0.717) is 6.54 Å². The molecule has 1 aliphatic rings. The Labute approximate surface area is 95.2 Å². The van der Waals surface area contributed by atoms with Gasteiger partial charge in [0, 0.05) is 29.5 Å². The summed E-state index contributed by atoms with van der Waals surface area (Å²) in [4.78, 5) is 7.93. The number of imidazole rings is 1. The van der Waals surface area contributed by atoms with E-state index in [1.54, 1.807) is 0 Å². The number of H-pyrrole nitrogens is 1. The van der Waals surface area contributed by atoms with Crippen LogP contribution >= 0.6 is 11.8 Å². The third-order valence-electron chi connectivity index (χ3n) is 3.05. The predicted octanol–water partition coefficient (Wildman–Crippen LogP) is 1.70. The zero-order chi connectivity index (χ0) is 10.7. The first-order valence-corrected chi connectivity index (χ1v) is 6.72. The normalized spacial score (nSPS) is 26.8. The second-order valence-corrected chi connectivity index (χ2v) is 5.62. The molecule has 1 saturated heterocycles. The van der Waals surface area contributed by atoms with Crippen LogP contribution in [0.5, 0.6) is 0 Å². The predicted molar refractivity (Wildman–Crippen MR) is 65.3 cm³/mol. The van der Waals surface area contributed by atoms with Crippen molar-refractivity contribution in [1.82, 2.24) is 9.97 Å². The fourth-order valence-electron chi connectivity index (χ4n) is 2.07. The molecule has 0 amide bonds. The molecule has 1 fully saturated rings. The maximum Gasteiger partial charge on any atom is 0.113 e. The summed E-state index contributed by atoms with van der Waals surface area (Å²) in [6, 6.07) is 0. The minimum Gasteiger partial charge on any atom is -0.345 e. The molecule has 2 rings (SSSR count). The minimum atomic E-state index is 0.246. The molecule has 0 aliphatic carbocycles. The number of hydrogen-bond acceptors (Lipinski definition) is 3. The van der Waals surface area contributed by atoms with Gasteiger partial charge in [-0.25, -0.2) is 4.98 Å². The maximum atomic E-state index is 5.53. The Hall–Kier alpha value is -0.480. The van der Waals surface area contributed by atoms with Crippen LogP contribution in [0.25, 0.3) is 0 Å². The molecule has 1 aromatic rings. The van der Waals surface area contributed by atoms with E-state index in [0.717, 1.165) is 12.2 Å². The highest BCUT2D eigenvalue weighted by Gasteiger charge is 2.31. The van der Waals surface area contributed by atoms with Crippen LogP contribution in [-0.2, 0) is 11.8 Å². The van der Waals surface area contributed by atoms with E-state index in [2.05, 4.69) is 16.9 Å². The van der Waals surface area contributed by atoms with E-state index in [9.17, 15) is 0 Å². The number of aromatic nitrogens is 2. The Bertz CT molecular complexity index is 315. The van der Waals surface area contributed by atoms with Gasteiger partial charge in [0.25, 0.3) is 0 Å². The van der Waals surface area contributed by atoms with Crippen LogP contribution in [-0.4, -0.2) is 28.0 Å². The van der Waals surface area contributed by atoms with E-state index in [1.165, 1.54) is 30.0 Å². The molecule has 1 unspecified atom stereocenters. The highest BCUT2D eigenvalue weighted by atomic mass is 32.2. The maximum absolute atomic E-state index is 5.53. The molecule has 0 spiro atoms. The van der Waals surface area contributed by atoms with Crippen molar-refractivity contribution >= 4 is 11.8 Å². The van der Waals surface area contributed by atoms with Crippen molar-refractivity contribution in [1.29, 1.82) is 0 Å². The zero-order valence-electron chi connectivity index (χ0n) is 9.25. The highest BCUT2D eigenvalue weighted by Crippen LogP contribution is 2.35. The molecule has 1 aromatic heterocycles. The Kier molecular flexibility index (Phi) is 3.36. The van der Waals surface area contributed by atoms with Gasteiger partial charge in [-0.05, 0) is 25.1 Å². The number of rotatable bonds is 3. The molecule has 3 N–H and O–H groups in total. The van der Waals surface area contributed by atoms with Crippen molar-refractivity contribution in [2.24, 2.45) is 5.73 Å². The monoisotopic (exact) mass is 225 g/mol. The molecule has 15 heavy (non-hydrogen) atoms. The van der Waals surface area contributed by atoms with Crippen LogP contribution in [0, 0.1) is 0 Å². The summed E-state index contributed by atoms with van der Waals surface area (Å²) in [5.74, 6) is 3.63. The third kappa shape index (κ3) is 2.37. The highest BCUT2D eigenvalue weighted by molar-refractivity contribution is 7.99. The van der Waals surface area contributed by atoms with Gasteiger partial charge in [0.2, 0.25) is 0 Å². The van der Waals surface area contributed by atoms with Gasteiger partial charge in [-0.3, -0.25) is 0 Å². The summed E-state index contributed by atoms with van der Waals surface area (Å²) in [6.07, 6.45) is 5.38. The number of nitrogens with two attached hydrogens (primary N) is 1. The lowest BCUT2D eigenvalue weighted by Crippen LogP contribution is -2.30. The second kappa shape index (κ2) is 4.58. The Morgan fingerprint density at radius 3 is 3.20 bits per heavy atom. The van der Waals surface area contributed by atoms with E-state index in [1.807, 2.05) is 18.0 Å². The van der Waals surface area contributed by atoms with Gasteiger partial charge in [-0.2, -0.15) is 11.8 Å². The standard InChI is InChI=1S/C11H19N3S/c1-11(4-2-6-15-8-11)10-13-7-9(14-10)3-5-12/h7H,2-6,8,12H2,1H3,(H,13,14). The van der Waals surface area contributed by atoms with Gasteiger partial charge in [-0.15, -0.1) is 0 Å². The molecule has 0 aromatic carbocycles. The molecular formula is C11H19N3S. The van der Waals surface area contributed by atoms with Crippen LogP contribution in [0.4, 0.5) is 0 Å². The summed E-state index contributed by atoms with van der Waals surface area (Å²) in [7, 11) is 0. The van der Waals surface area contributed by atoms with Gasteiger partial charge in [0.1, 0.15) is 5.82 Å². The summed E-state index contributed by atoms with van der Waals surface area (Å²) in [6.45, 7) is 3.00.